The van der Waals surface area contributed by atoms with E-state index < -0.39 is 12.2 Å². The van der Waals surface area contributed by atoms with E-state index in [1.54, 1.807) is 11.3 Å². The van der Waals surface area contributed by atoms with Crippen LogP contribution in [0.2, 0.25) is 0 Å². The van der Waals surface area contributed by atoms with Crippen molar-refractivity contribution in [3.8, 4) is 0 Å². The zero-order chi connectivity index (χ0) is 20.4. The molecule has 1 aromatic rings. The molecule has 1 atom stereocenters. The van der Waals surface area contributed by atoms with Crippen molar-refractivity contribution in [2.45, 2.75) is 52.4 Å². The molecule has 0 spiro atoms. The highest BCUT2D eigenvalue weighted by Crippen LogP contribution is 2.49. The van der Waals surface area contributed by atoms with E-state index in [1.807, 2.05) is 11.8 Å². The first-order valence-electron chi connectivity index (χ1n) is 9.19. The standard InChI is InChI=1S/C19H29F3N4S/c1-6-7-10-25-15(5)26(14(4)19(20,21)22)13(3)17-12(2)16(27-18(17)25)11-24-9-8-23/h14,24H,3,5-11,23H2,1-2,4H3. The zero-order valence-corrected chi connectivity index (χ0v) is 17.1. The number of fused-ring (bicyclic) bond motifs is 1. The highest BCUT2D eigenvalue weighted by atomic mass is 32.1. The molecule has 2 rings (SSSR count). The van der Waals surface area contributed by atoms with Crippen LogP contribution in [-0.4, -0.2) is 36.8 Å². The van der Waals surface area contributed by atoms with Crippen LogP contribution in [0.15, 0.2) is 19.0 Å². The minimum atomic E-state index is -4.37. The van der Waals surface area contributed by atoms with Gasteiger partial charge in [0.25, 0.3) is 0 Å². The minimum absolute atomic E-state index is 0.341. The third-order valence-corrected chi connectivity index (χ3v) is 6.16. The number of nitrogens with one attached hydrogen (secondary N) is 1. The van der Waals surface area contributed by atoms with E-state index in [2.05, 4.69) is 25.4 Å². The lowest BCUT2D eigenvalue weighted by molar-refractivity contribution is -0.166. The molecule has 0 fully saturated rings. The molecule has 2 heterocycles. The molecule has 27 heavy (non-hydrogen) atoms. The van der Waals surface area contributed by atoms with E-state index >= 15 is 0 Å². The van der Waals surface area contributed by atoms with Gasteiger partial charge < -0.3 is 20.9 Å². The van der Waals surface area contributed by atoms with Crippen molar-refractivity contribution in [2.24, 2.45) is 5.73 Å². The monoisotopic (exact) mass is 402 g/mol. The average Bonchev–Trinajstić information content (AvgIpc) is 2.91. The number of nitrogens with two attached hydrogens (primary N) is 1. The van der Waals surface area contributed by atoms with Gasteiger partial charge in [-0.3, -0.25) is 0 Å². The van der Waals surface area contributed by atoms with Gasteiger partial charge in [0.15, 0.2) is 0 Å². The lowest BCUT2D eigenvalue weighted by Crippen LogP contribution is -2.48. The van der Waals surface area contributed by atoms with Crippen LogP contribution in [0.3, 0.4) is 0 Å². The van der Waals surface area contributed by atoms with E-state index in [4.69, 9.17) is 5.73 Å². The second kappa shape index (κ2) is 8.67. The molecule has 8 heteroatoms. The van der Waals surface area contributed by atoms with Crippen molar-refractivity contribution in [1.29, 1.82) is 0 Å². The van der Waals surface area contributed by atoms with Crippen molar-refractivity contribution in [3.63, 3.8) is 0 Å². The second-order valence-electron chi connectivity index (χ2n) is 6.75. The number of hydrogen-bond donors (Lipinski definition) is 2. The molecule has 0 radical (unpaired) electrons. The maximum Gasteiger partial charge on any atom is 0.408 e. The van der Waals surface area contributed by atoms with Gasteiger partial charge in [-0.15, -0.1) is 11.3 Å². The third-order valence-electron chi connectivity index (χ3n) is 4.84. The molecular formula is C19H29F3N4S. The summed E-state index contributed by atoms with van der Waals surface area (Å²) in [6, 6.07) is -1.69. The van der Waals surface area contributed by atoms with Gasteiger partial charge in [-0.25, -0.2) is 0 Å². The van der Waals surface area contributed by atoms with Crippen LogP contribution in [-0.2, 0) is 6.54 Å². The first-order chi connectivity index (χ1) is 12.6. The van der Waals surface area contributed by atoms with Gasteiger partial charge in [-0.2, -0.15) is 13.2 Å². The molecule has 3 N–H and O–H groups in total. The molecule has 4 nitrogen and oxygen atoms in total. The Morgan fingerprint density at radius 3 is 2.52 bits per heavy atom. The quantitative estimate of drug-likeness (QED) is 0.632. The molecule has 0 aliphatic carbocycles. The summed E-state index contributed by atoms with van der Waals surface area (Å²) >= 11 is 1.59. The lowest BCUT2D eigenvalue weighted by atomic mass is 10.0. The van der Waals surface area contributed by atoms with Crippen molar-refractivity contribution in [1.82, 2.24) is 10.2 Å². The maximum atomic E-state index is 13.5. The molecule has 1 unspecified atom stereocenters. The van der Waals surface area contributed by atoms with E-state index in [9.17, 15) is 13.2 Å². The molecule has 0 bridgehead atoms. The Bertz CT molecular complexity index is 696. The number of rotatable bonds is 8. The topological polar surface area (TPSA) is 44.5 Å². The molecule has 0 saturated carbocycles. The van der Waals surface area contributed by atoms with Crippen LogP contribution >= 0.6 is 11.3 Å². The Balaban J connectivity index is 2.49. The molecule has 0 saturated heterocycles. The first kappa shape index (κ1) is 21.8. The normalized spacial score (nSPS) is 16.1. The Hall–Kier alpha value is -1.51. The predicted molar refractivity (Wildman–Crippen MR) is 108 cm³/mol. The summed E-state index contributed by atoms with van der Waals surface area (Å²) in [5, 5.41) is 4.20. The number of halogens is 3. The van der Waals surface area contributed by atoms with Gasteiger partial charge >= 0.3 is 6.18 Å². The summed E-state index contributed by atoms with van der Waals surface area (Å²) in [6.45, 7) is 15.7. The van der Waals surface area contributed by atoms with Gasteiger partial charge in [0, 0.05) is 42.3 Å². The number of unbranched alkanes of at least 4 members (excludes halogenated alkanes) is 1. The smallest absolute Gasteiger partial charge is 0.329 e. The molecule has 152 valence electrons. The zero-order valence-electron chi connectivity index (χ0n) is 16.2. The SMILES string of the molecule is C=C1c2c(sc(CNCCN)c2C)N(CCCC)C(=C)N1C(C)C(F)(F)F. The summed E-state index contributed by atoms with van der Waals surface area (Å²) < 4.78 is 40.5. The van der Waals surface area contributed by atoms with E-state index in [-0.39, 0.29) is 0 Å². The fourth-order valence-electron chi connectivity index (χ4n) is 3.22. The predicted octanol–water partition coefficient (Wildman–Crippen LogP) is 4.42. The number of nitrogens with zero attached hydrogens (tertiary/aromatic N) is 2. The largest absolute Gasteiger partial charge is 0.408 e. The van der Waals surface area contributed by atoms with Gasteiger partial charge in [0.1, 0.15) is 16.9 Å². The average molecular weight is 403 g/mol. The maximum absolute atomic E-state index is 13.5. The molecule has 1 aliphatic rings. The number of thiophene rings is 1. The molecule has 1 aliphatic heterocycles. The van der Waals surface area contributed by atoms with Crippen molar-refractivity contribution >= 4 is 22.0 Å². The van der Waals surface area contributed by atoms with Crippen molar-refractivity contribution in [2.75, 3.05) is 24.5 Å². The van der Waals surface area contributed by atoms with E-state index in [0.29, 0.717) is 37.7 Å². The van der Waals surface area contributed by atoms with Crippen LogP contribution in [0.25, 0.3) is 5.70 Å². The van der Waals surface area contributed by atoms with Gasteiger partial charge in [0.05, 0.1) is 0 Å². The second-order valence-corrected chi connectivity index (χ2v) is 7.84. The summed E-state index contributed by atoms with van der Waals surface area (Å²) in [6.07, 6.45) is -2.55. The van der Waals surface area contributed by atoms with Crippen LogP contribution in [0, 0.1) is 6.92 Å². The fraction of sp³-hybridized carbons (Fsp3) is 0.579. The van der Waals surface area contributed by atoms with Crippen LogP contribution in [0.4, 0.5) is 18.2 Å². The summed E-state index contributed by atoms with van der Waals surface area (Å²) in [4.78, 5) is 4.24. The molecule has 1 aromatic heterocycles. The Morgan fingerprint density at radius 1 is 1.30 bits per heavy atom. The third kappa shape index (κ3) is 4.33. The highest BCUT2D eigenvalue weighted by molar-refractivity contribution is 7.16. The van der Waals surface area contributed by atoms with Crippen molar-refractivity contribution < 1.29 is 13.2 Å². The van der Waals surface area contributed by atoms with E-state index in [0.717, 1.165) is 40.8 Å². The Kier molecular flexibility index (Phi) is 6.99. The number of hydrogen-bond acceptors (Lipinski definition) is 5. The lowest BCUT2D eigenvalue weighted by Gasteiger charge is -2.44. The number of anilines is 1. The van der Waals surface area contributed by atoms with Crippen LogP contribution in [0.5, 0.6) is 0 Å². The first-order valence-corrected chi connectivity index (χ1v) is 10.0. The molecule has 0 aromatic carbocycles. The van der Waals surface area contributed by atoms with Gasteiger partial charge in [0.2, 0.25) is 0 Å². The summed E-state index contributed by atoms with van der Waals surface area (Å²) in [7, 11) is 0. The summed E-state index contributed by atoms with van der Waals surface area (Å²) in [5.74, 6) is 0.341. The van der Waals surface area contributed by atoms with Crippen molar-refractivity contribution in [3.05, 3.63) is 35.0 Å². The van der Waals surface area contributed by atoms with Crippen LogP contribution < -0.4 is 16.0 Å². The van der Waals surface area contributed by atoms with Gasteiger partial charge in [-0.05, 0) is 25.8 Å². The molecule has 0 amide bonds. The summed E-state index contributed by atoms with van der Waals surface area (Å²) in [5.41, 5.74) is 7.66. The van der Waals surface area contributed by atoms with Crippen LogP contribution in [0.1, 0.15) is 42.7 Å². The Morgan fingerprint density at radius 2 is 1.96 bits per heavy atom. The van der Waals surface area contributed by atoms with E-state index in [1.165, 1.54) is 4.90 Å². The number of alkyl halides is 3. The molecular weight excluding hydrogens is 373 g/mol. The fourth-order valence-corrected chi connectivity index (χ4v) is 4.56. The Labute approximate surface area is 163 Å². The van der Waals surface area contributed by atoms with Gasteiger partial charge in [-0.1, -0.05) is 26.5 Å². The minimum Gasteiger partial charge on any atom is -0.329 e. The highest BCUT2D eigenvalue weighted by Gasteiger charge is 2.45.